The molecule has 0 bridgehead atoms. The first-order valence-corrected chi connectivity index (χ1v) is 9.27. The fraction of sp³-hybridized carbons (Fsp3) is 0.333. The number of halogens is 2. The van der Waals surface area contributed by atoms with Gasteiger partial charge in [-0.2, -0.15) is 0 Å². The number of piperazine rings is 1. The molecule has 2 aromatic carbocycles. The Bertz CT molecular complexity index is 933. The van der Waals surface area contributed by atoms with Gasteiger partial charge in [0.15, 0.2) is 28.8 Å². The number of amides is 1. The summed E-state index contributed by atoms with van der Waals surface area (Å²) in [5.74, 6) is -1.50. The summed E-state index contributed by atoms with van der Waals surface area (Å²) < 4.78 is 39.3. The lowest BCUT2D eigenvalue weighted by Crippen LogP contribution is -2.49. The molecule has 0 aliphatic carbocycles. The van der Waals surface area contributed by atoms with Gasteiger partial charge >= 0.3 is 0 Å². The summed E-state index contributed by atoms with van der Waals surface area (Å²) in [6, 6.07) is 6.49. The number of carbonyl (C=O) groups is 2. The van der Waals surface area contributed by atoms with Crippen LogP contribution < -0.4 is 14.8 Å². The van der Waals surface area contributed by atoms with Crippen LogP contribution in [0.5, 0.6) is 17.2 Å². The average molecular weight is 404 g/mol. The molecule has 1 fully saturated rings. The lowest BCUT2D eigenvalue weighted by molar-refractivity contribution is -0.123. The first kappa shape index (κ1) is 20.7. The maximum absolute atomic E-state index is 14.5. The molecule has 3 rings (SSSR count). The molecule has 1 aliphatic rings. The highest BCUT2D eigenvalue weighted by atomic mass is 19.1. The highest BCUT2D eigenvalue weighted by Crippen LogP contribution is 2.35. The van der Waals surface area contributed by atoms with Crippen LogP contribution in [0.15, 0.2) is 30.3 Å². The zero-order valence-electron chi connectivity index (χ0n) is 16.3. The predicted octanol–water partition coefficient (Wildman–Crippen LogP) is 2.94. The fourth-order valence-corrected chi connectivity index (χ4v) is 3.08. The Morgan fingerprint density at radius 1 is 1.14 bits per heavy atom. The molecule has 1 saturated heterocycles. The van der Waals surface area contributed by atoms with Crippen LogP contribution in [0.3, 0.4) is 0 Å². The highest BCUT2D eigenvalue weighted by Gasteiger charge is 2.20. The van der Waals surface area contributed by atoms with Gasteiger partial charge in [0.2, 0.25) is 5.91 Å². The Morgan fingerprint density at radius 3 is 2.59 bits per heavy atom. The van der Waals surface area contributed by atoms with Crippen molar-refractivity contribution in [3.05, 3.63) is 53.1 Å². The van der Waals surface area contributed by atoms with E-state index in [1.54, 1.807) is 4.90 Å². The maximum atomic E-state index is 14.5. The molecule has 1 N–H and O–H groups in total. The van der Waals surface area contributed by atoms with E-state index in [-0.39, 0.29) is 47.6 Å². The minimum absolute atomic E-state index is 0.0184. The van der Waals surface area contributed by atoms with Gasteiger partial charge in [-0.25, -0.2) is 8.78 Å². The molecule has 1 amide bonds. The number of benzene rings is 2. The Hall–Kier alpha value is -3.00. The van der Waals surface area contributed by atoms with Gasteiger partial charge in [-0.15, -0.1) is 0 Å². The van der Waals surface area contributed by atoms with E-state index >= 15 is 0 Å². The summed E-state index contributed by atoms with van der Waals surface area (Å²) in [5.41, 5.74) is 0.627. The van der Waals surface area contributed by atoms with E-state index in [4.69, 9.17) is 9.47 Å². The molecule has 154 valence electrons. The van der Waals surface area contributed by atoms with Crippen molar-refractivity contribution in [2.75, 3.05) is 33.3 Å². The van der Waals surface area contributed by atoms with E-state index in [2.05, 4.69) is 5.32 Å². The van der Waals surface area contributed by atoms with Crippen molar-refractivity contribution in [2.45, 2.75) is 13.3 Å². The summed E-state index contributed by atoms with van der Waals surface area (Å²) in [4.78, 5) is 25.5. The maximum Gasteiger partial charge on any atom is 0.234 e. The van der Waals surface area contributed by atoms with Crippen molar-refractivity contribution < 1.29 is 27.8 Å². The highest BCUT2D eigenvalue weighted by molar-refractivity contribution is 5.98. The Morgan fingerprint density at radius 2 is 1.93 bits per heavy atom. The van der Waals surface area contributed by atoms with Gasteiger partial charge in [0.1, 0.15) is 5.82 Å². The average Bonchev–Trinajstić information content (AvgIpc) is 2.69. The second-order valence-corrected chi connectivity index (χ2v) is 6.68. The number of methoxy groups -OCH3 is 1. The summed E-state index contributed by atoms with van der Waals surface area (Å²) in [5, 5.41) is 2.68. The normalized spacial score (nSPS) is 14.4. The summed E-state index contributed by atoms with van der Waals surface area (Å²) in [6.07, 6.45) is 0.478. The van der Waals surface area contributed by atoms with Crippen molar-refractivity contribution in [3.63, 3.8) is 0 Å². The van der Waals surface area contributed by atoms with Gasteiger partial charge in [-0.05, 0) is 36.2 Å². The first-order chi connectivity index (χ1) is 13.9. The van der Waals surface area contributed by atoms with E-state index < -0.39 is 11.6 Å². The second-order valence-electron chi connectivity index (χ2n) is 6.68. The van der Waals surface area contributed by atoms with Crippen molar-refractivity contribution in [1.82, 2.24) is 10.2 Å². The molecule has 0 aromatic heterocycles. The molecule has 2 aromatic rings. The van der Waals surface area contributed by atoms with Crippen LogP contribution in [0.4, 0.5) is 8.78 Å². The minimum Gasteiger partial charge on any atom is -0.493 e. The molecular weight excluding hydrogens is 382 g/mol. The van der Waals surface area contributed by atoms with E-state index in [0.29, 0.717) is 25.1 Å². The molecule has 1 heterocycles. The number of hydrogen-bond donors (Lipinski definition) is 1. The van der Waals surface area contributed by atoms with Gasteiger partial charge in [-0.3, -0.25) is 14.5 Å². The van der Waals surface area contributed by atoms with Crippen LogP contribution in [-0.4, -0.2) is 49.9 Å². The molecule has 0 spiro atoms. The molecule has 0 radical (unpaired) electrons. The Labute approximate surface area is 167 Å². The van der Waals surface area contributed by atoms with Crippen LogP contribution in [0.2, 0.25) is 0 Å². The van der Waals surface area contributed by atoms with Crippen LogP contribution in [-0.2, 0) is 11.2 Å². The van der Waals surface area contributed by atoms with E-state index in [0.717, 1.165) is 12.1 Å². The molecule has 0 atom stereocenters. The van der Waals surface area contributed by atoms with Crippen molar-refractivity contribution in [3.8, 4) is 17.2 Å². The number of rotatable bonds is 7. The molecule has 29 heavy (non-hydrogen) atoms. The standard InChI is InChI=1S/C21H22F2N2O4/c1-3-13-9-19(28-2)20(10-15(13)22)29-18-5-4-14(8-16(18)23)17(26)11-25-7-6-24-21(27)12-25/h4-5,8-10H,3,6-7,11-12H2,1-2H3,(H,24,27). The number of nitrogens with one attached hydrogen (secondary N) is 1. The SMILES string of the molecule is CCc1cc(OC)c(Oc2ccc(C(=O)CN3CCNC(=O)C3)cc2F)cc1F. The number of Topliss-reactive ketones (excluding diaryl/α,β-unsaturated/α-hetero) is 1. The Balaban J connectivity index is 1.75. The number of aryl methyl sites for hydroxylation is 1. The molecule has 6 nitrogen and oxygen atoms in total. The van der Waals surface area contributed by atoms with Crippen molar-refractivity contribution >= 4 is 11.7 Å². The third-order valence-electron chi connectivity index (χ3n) is 4.67. The van der Waals surface area contributed by atoms with Gasteiger partial charge in [0.25, 0.3) is 0 Å². The zero-order chi connectivity index (χ0) is 21.0. The first-order valence-electron chi connectivity index (χ1n) is 9.27. The minimum atomic E-state index is -0.755. The lowest BCUT2D eigenvalue weighted by Gasteiger charge is -2.25. The van der Waals surface area contributed by atoms with Gasteiger partial charge in [0.05, 0.1) is 20.2 Å². The summed E-state index contributed by atoms with van der Waals surface area (Å²) in [6.45, 7) is 2.99. The topological polar surface area (TPSA) is 67.9 Å². The summed E-state index contributed by atoms with van der Waals surface area (Å²) >= 11 is 0. The van der Waals surface area contributed by atoms with E-state index in [1.165, 1.54) is 25.3 Å². The van der Waals surface area contributed by atoms with Crippen LogP contribution >= 0.6 is 0 Å². The molecule has 1 aliphatic heterocycles. The predicted molar refractivity (Wildman–Crippen MR) is 103 cm³/mol. The molecular formula is C21H22F2N2O4. The summed E-state index contributed by atoms with van der Waals surface area (Å²) in [7, 11) is 1.42. The number of carbonyl (C=O) groups excluding carboxylic acids is 2. The lowest BCUT2D eigenvalue weighted by atomic mass is 10.1. The smallest absolute Gasteiger partial charge is 0.234 e. The van der Waals surface area contributed by atoms with Gasteiger partial charge in [0, 0.05) is 24.7 Å². The van der Waals surface area contributed by atoms with Gasteiger partial charge < -0.3 is 14.8 Å². The van der Waals surface area contributed by atoms with Crippen LogP contribution in [0.1, 0.15) is 22.8 Å². The van der Waals surface area contributed by atoms with Crippen LogP contribution in [0, 0.1) is 11.6 Å². The number of hydrogen-bond acceptors (Lipinski definition) is 5. The Kier molecular flexibility index (Phi) is 6.43. The second kappa shape index (κ2) is 9.00. The number of ketones is 1. The third-order valence-corrected chi connectivity index (χ3v) is 4.67. The zero-order valence-corrected chi connectivity index (χ0v) is 16.3. The molecule has 0 unspecified atom stereocenters. The number of nitrogens with zero attached hydrogens (tertiary/aromatic N) is 1. The largest absolute Gasteiger partial charge is 0.493 e. The van der Waals surface area contributed by atoms with Crippen molar-refractivity contribution in [1.29, 1.82) is 0 Å². The monoisotopic (exact) mass is 404 g/mol. The number of ether oxygens (including phenoxy) is 2. The fourth-order valence-electron chi connectivity index (χ4n) is 3.08. The quantitative estimate of drug-likeness (QED) is 0.719. The molecule has 0 saturated carbocycles. The van der Waals surface area contributed by atoms with Crippen LogP contribution in [0.25, 0.3) is 0 Å². The van der Waals surface area contributed by atoms with E-state index in [9.17, 15) is 18.4 Å². The third kappa shape index (κ3) is 4.89. The molecule has 8 heteroatoms. The van der Waals surface area contributed by atoms with Crippen molar-refractivity contribution in [2.24, 2.45) is 0 Å². The van der Waals surface area contributed by atoms with Gasteiger partial charge in [-0.1, -0.05) is 6.92 Å². The van der Waals surface area contributed by atoms with E-state index in [1.807, 2.05) is 6.92 Å².